The largest absolute Gasteiger partial charge is 0.487 e. The molecule has 0 aliphatic heterocycles. The number of nitrogens with one attached hydrogen (secondary N) is 2. The van der Waals surface area contributed by atoms with Crippen LogP contribution in [0.1, 0.15) is 16.1 Å². The number of carbonyl (C=O) groups is 2. The molecular formula is C21H20N4O7S. The molecule has 11 nitrogen and oxygen atoms in total. The van der Waals surface area contributed by atoms with Crippen LogP contribution in [0.15, 0.2) is 65.6 Å². The summed E-state index contributed by atoms with van der Waals surface area (Å²) in [5.41, 5.74) is 0.151. The molecule has 0 saturated carbocycles. The highest BCUT2D eigenvalue weighted by atomic mass is 32.2. The Morgan fingerprint density at radius 2 is 1.67 bits per heavy atom. The maximum Gasteiger partial charge on any atom is 0.339 e. The van der Waals surface area contributed by atoms with Crippen LogP contribution >= 0.6 is 0 Å². The number of methoxy groups -OCH3 is 2. The van der Waals surface area contributed by atoms with E-state index in [0.29, 0.717) is 11.4 Å². The first-order valence-corrected chi connectivity index (χ1v) is 10.9. The fraction of sp³-hybridized carbons (Fsp3) is 0.143. The summed E-state index contributed by atoms with van der Waals surface area (Å²) < 4.78 is 42.5. The Labute approximate surface area is 189 Å². The van der Waals surface area contributed by atoms with E-state index in [1.54, 1.807) is 12.1 Å². The third kappa shape index (κ3) is 6.17. The summed E-state index contributed by atoms with van der Waals surface area (Å²) in [7, 11) is -1.92. The molecule has 3 rings (SSSR count). The topological polar surface area (TPSA) is 146 Å². The average Bonchev–Trinajstić information content (AvgIpc) is 2.82. The van der Waals surface area contributed by atoms with Gasteiger partial charge in [-0.15, -0.1) is 0 Å². The average molecular weight is 472 g/mol. The number of ether oxygens (including phenoxy) is 3. The van der Waals surface area contributed by atoms with Gasteiger partial charge in [-0.2, -0.15) is 4.98 Å². The van der Waals surface area contributed by atoms with Crippen molar-refractivity contribution < 1.29 is 32.2 Å². The molecule has 0 aliphatic rings. The first-order valence-electron chi connectivity index (χ1n) is 9.43. The van der Waals surface area contributed by atoms with Gasteiger partial charge < -0.3 is 14.2 Å². The van der Waals surface area contributed by atoms with Crippen LogP contribution in [-0.2, 0) is 21.4 Å². The summed E-state index contributed by atoms with van der Waals surface area (Å²) in [4.78, 5) is 31.9. The molecule has 0 unspecified atom stereocenters. The molecule has 0 atom stereocenters. The third-order valence-electron chi connectivity index (χ3n) is 4.13. The number of sulfonamides is 1. The van der Waals surface area contributed by atoms with Gasteiger partial charge in [-0.3, -0.25) is 5.32 Å². The second kappa shape index (κ2) is 10.4. The lowest BCUT2D eigenvalue weighted by Crippen LogP contribution is -2.35. The smallest absolute Gasteiger partial charge is 0.339 e. The molecule has 2 amide bonds. The van der Waals surface area contributed by atoms with Crippen molar-refractivity contribution in [1.82, 2.24) is 14.7 Å². The van der Waals surface area contributed by atoms with E-state index in [4.69, 9.17) is 9.47 Å². The van der Waals surface area contributed by atoms with Gasteiger partial charge in [0.25, 0.3) is 10.0 Å². The Balaban J connectivity index is 1.75. The highest BCUT2D eigenvalue weighted by Crippen LogP contribution is 2.18. The van der Waals surface area contributed by atoms with Crippen molar-refractivity contribution in [2.45, 2.75) is 11.5 Å². The Morgan fingerprint density at radius 3 is 2.36 bits per heavy atom. The van der Waals surface area contributed by atoms with Gasteiger partial charge in [0.15, 0.2) is 0 Å². The number of anilines is 1. The number of benzene rings is 2. The van der Waals surface area contributed by atoms with E-state index in [9.17, 15) is 18.0 Å². The van der Waals surface area contributed by atoms with Crippen molar-refractivity contribution in [3.8, 4) is 11.6 Å². The number of nitrogens with zero attached hydrogens (tertiary/aromatic N) is 2. The maximum absolute atomic E-state index is 12.7. The maximum atomic E-state index is 12.7. The van der Waals surface area contributed by atoms with Crippen LogP contribution in [0.4, 0.5) is 10.7 Å². The zero-order valence-electron chi connectivity index (χ0n) is 17.6. The van der Waals surface area contributed by atoms with E-state index in [0.717, 1.165) is 7.11 Å². The predicted molar refractivity (Wildman–Crippen MR) is 116 cm³/mol. The second-order valence-corrected chi connectivity index (χ2v) is 8.03. The fourth-order valence-corrected chi connectivity index (χ4v) is 3.77. The molecule has 33 heavy (non-hydrogen) atoms. The van der Waals surface area contributed by atoms with Crippen LogP contribution in [0, 0.1) is 0 Å². The van der Waals surface area contributed by atoms with Crippen molar-refractivity contribution in [2.24, 2.45) is 0 Å². The summed E-state index contributed by atoms with van der Waals surface area (Å²) in [5, 5.41) is 2.24. The number of esters is 1. The van der Waals surface area contributed by atoms with Crippen molar-refractivity contribution in [1.29, 1.82) is 0 Å². The summed E-state index contributed by atoms with van der Waals surface area (Å²) in [6.07, 6.45) is 0. The van der Waals surface area contributed by atoms with Gasteiger partial charge in [0, 0.05) is 6.07 Å². The van der Waals surface area contributed by atoms with Crippen molar-refractivity contribution >= 4 is 28.0 Å². The van der Waals surface area contributed by atoms with Crippen LogP contribution in [0.2, 0.25) is 0 Å². The molecule has 1 aromatic heterocycles. The van der Waals surface area contributed by atoms with Gasteiger partial charge in [0.05, 0.1) is 25.5 Å². The number of aromatic nitrogens is 2. The van der Waals surface area contributed by atoms with E-state index in [1.807, 2.05) is 22.9 Å². The molecule has 0 spiro atoms. The normalized spacial score (nSPS) is 10.7. The zero-order valence-corrected chi connectivity index (χ0v) is 18.5. The molecule has 0 radical (unpaired) electrons. The minimum absolute atomic E-state index is 0.0456. The van der Waals surface area contributed by atoms with Gasteiger partial charge in [0.1, 0.15) is 17.3 Å². The summed E-state index contributed by atoms with van der Waals surface area (Å²) in [5.74, 6) is -0.339. The van der Waals surface area contributed by atoms with Crippen LogP contribution < -0.4 is 19.5 Å². The Morgan fingerprint density at radius 1 is 0.970 bits per heavy atom. The van der Waals surface area contributed by atoms with Crippen molar-refractivity contribution in [3.63, 3.8) is 0 Å². The Hall–Kier alpha value is -4.19. The minimum atomic E-state index is -4.41. The molecule has 2 N–H and O–H groups in total. The highest BCUT2D eigenvalue weighted by Gasteiger charge is 2.25. The predicted octanol–water partition coefficient (Wildman–Crippen LogP) is 2.36. The number of urea groups is 1. The van der Waals surface area contributed by atoms with E-state index in [1.165, 1.54) is 37.4 Å². The number of hydrogen-bond acceptors (Lipinski definition) is 9. The number of amides is 2. The van der Waals surface area contributed by atoms with E-state index in [-0.39, 0.29) is 24.0 Å². The zero-order chi connectivity index (χ0) is 23.8. The molecule has 0 bridgehead atoms. The molecule has 3 aromatic rings. The molecule has 0 aliphatic carbocycles. The Kier molecular flexibility index (Phi) is 7.41. The lowest BCUT2D eigenvalue weighted by molar-refractivity contribution is 0.0596. The van der Waals surface area contributed by atoms with Crippen LogP contribution in [0.25, 0.3) is 0 Å². The molecule has 2 aromatic carbocycles. The van der Waals surface area contributed by atoms with Crippen LogP contribution in [0.5, 0.6) is 11.6 Å². The molecule has 1 heterocycles. The van der Waals surface area contributed by atoms with Gasteiger partial charge in [-0.1, -0.05) is 30.3 Å². The van der Waals surface area contributed by atoms with E-state index in [2.05, 4.69) is 20.0 Å². The van der Waals surface area contributed by atoms with E-state index >= 15 is 0 Å². The molecule has 172 valence electrons. The molecule has 0 fully saturated rings. The summed E-state index contributed by atoms with van der Waals surface area (Å²) in [6, 6.07) is 14.7. The monoisotopic (exact) mass is 472 g/mol. The highest BCUT2D eigenvalue weighted by molar-refractivity contribution is 7.90. The van der Waals surface area contributed by atoms with Crippen LogP contribution in [-0.4, -0.2) is 44.6 Å². The van der Waals surface area contributed by atoms with Crippen molar-refractivity contribution in [3.05, 3.63) is 71.9 Å². The first kappa shape index (κ1) is 23.5. The van der Waals surface area contributed by atoms with Gasteiger partial charge in [0.2, 0.25) is 11.8 Å². The summed E-state index contributed by atoms with van der Waals surface area (Å²) in [6.45, 7) is 0.0456. The quantitative estimate of drug-likeness (QED) is 0.472. The number of rotatable bonds is 8. The lowest BCUT2D eigenvalue weighted by atomic mass is 10.2. The lowest BCUT2D eigenvalue weighted by Gasteiger charge is -2.12. The first-order chi connectivity index (χ1) is 15.8. The standard InChI is InChI=1S/C21H20N4O7S/c1-30-18-12-14(13-32-15-8-4-3-5-9-15)22-20(23-18)24-21(27)25-33(28,29)17-11-7-6-10-16(17)19(26)31-2/h3-12H,13H2,1-2H3,(H2,22,23,24,25,27). The number of para-hydroxylation sites is 1. The minimum Gasteiger partial charge on any atom is -0.487 e. The van der Waals surface area contributed by atoms with Crippen LogP contribution in [0.3, 0.4) is 0 Å². The molecule has 12 heteroatoms. The second-order valence-electron chi connectivity index (χ2n) is 6.37. The summed E-state index contributed by atoms with van der Waals surface area (Å²) >= 11 is 0. The molecular weight excluding hydrogens is 452 g/mol. The Bertz CT molecular complexity index is 1250. The van der Waals surface area contributed by atoms with Gasteiger partial charge >= 0.3 is 12.0 Å². The number of hydrogen-bond donors (Lipinski definition) is 2. The fourth-order valence-electron chi connectivity index (χ4n) is 2.66. The SMILES string of the molecule is COC(=O)c1ccccc1S(=O)(=O)NC(=O)Nc1nc(COc2ccccc2)cc(OC)n1. The van der Waals surface area contributed by atoms with Crippen molar-refractivity contribution in [2.75, 3.05) is 19.5 Å². The number of carbonyl (C=O) groups excluding carboxylic acids is 2. The molecule has 0 saturated heterocycles. The van der Waals surface area contributed by atoms with Gasteiger partial charge in [-0.05, 0) is 24.3 Å². The third-order valence-corrected chi connectivity index (χ3v) is 5.52. The van der Waals surface area contributed by atoms with Gasteiger partial charge in [-0.25, -0.2) is 27.7 Å². The van der Waals surface area contributed by atoms with E-state index < -0.39 is 26.9 Å².